The standard InChI is InChI=1S/C18H22BrFN4O4S/c1-24(2)29(26,27)13-7-11(8-13)4-6-16-18(23-28-22-16)17(21-25)10-12-3-5-15(20)14(19)9-12/h3,5,9,11,13,25H,4,6-8,10H2,1-2H3/b21-17+. The van der Waals surface area contributed by atoms with Crippen LogP contribution in [-0.2, 0) is 22.9 Å². The molecule has 1 aliphatic carbocycles. The SMILES string of the molecule is CN(C)S(=O)(=O)C1CC(CCc2nonc2/C(Cc2ccc(F)c(Br)c2)=N/O)C1. The third-order valence-corrected chi connectivity index (χ3v) is 8.07. The van der Waals surface area contributed by atoms with Crippen molar-refractivity contribution >= 4 is 31.7 Å². The van der Waals surface area contributed by atoms with Crippen LogP contribution in [0.1, 0.15) is 36.2 Å². The lowest BCUT2D eigenvalue weighted by Gasteiger charge is -2.36. The number of halogens is 2. The molecule has 1 N–H and O–H groups in total. The molecule has 0 amide bonds. The molecule has 1 heterocycles. The van der Waals surface area contributed by atoms with E-state index in [0.717, 1.165) is 12.0 Å². The molecule has 0 bridgehead atoms. The van der Waals surface area contributed by atoms with Crippen LogP contribution in [0.25, 0.3) is 0 Å². The number of oxime groups is 1. The molecule has 0 spiro atoms. The van der Waals surface area contributed by atoms with Crippen molar-refractivity contribution in [2.24, 2.45) is 11.1 Å². The zero-order valence-electron chi connectivity index (χ0n) is 16.0. The Labute approximate surface area is 176 Å². The molecule has 1 aromatic carbocycles. The first-order valence-electron chi connectivity index (χ1n) is 9.10. The maximum absolute atomic E-state index is 13.4. The van der Waals surface area contributed by atoms with Crippen LogP contribution in [0.4, 0.5) is 4.39 Å². The first-order chi connectivity index (χ1) is 13.7. The summed E-state index contributed by atoms with van der Waals surface area (Å²) in [5, 5.41) is 20.2. The Balaban J connectivity index is 1.61. The minimum absolute atomic E-state index is 0.225. The summed E-state index contributed by atoms with van der Waals surface area (Å²) in [6.07, 6.45) is 2.73. The summed E-state index contributed by atoms with van der Waals surface area (Å²) in [7, 11) is -0.114. The number of hydrogen-bond acceptors (Lipinski definition) is 7. The van der Waals surface area contributed by atoms with Crippen molar-refractivity contribution in [2.75, 3.05) is 14.1 Å². The molecule has 0 unspecified atom stereocenters. The van der Waals surface area contributed by atoms with Gasteiger partial charge in [-0.1, -0.05) is 16.4 Å². The van der Waals surface area contributed by atoms with Gasteiger partial charge in [0.25, 0.3) is 0 Å². The van der Waals surface area contributed by atoms with Gasteiger partial charge in [0.2, 0.25) is 10.0 Å². The maximum Gasteiger partial charge on any atom is 0.216 e. The minimum atomic E-state index is -3.21. The van der Waals surface area contributed by atoms with E-state index in [-0.39, 0.29) is 29.1 Å². The van der Waals surface area contributed by atoms with Crippen molar-refractivity contribution in [3.63, 3.8) is 0 Å². The van der Waals surface area contributed by atoms with Gasteiger partial charge in [-0.25, -0.2) is 21.7 Å². The highest BCUT2D eigenvalue weighted by Crippen LogP contribution is 2.37. The number of aryl methyl sites for hydroxylation is 1. The molecule has 8 nitrogen and oxygen atoms in total. The minimum Gasteiger partial charge on any atom is -0.411 e. The zero-order chi connectivity index (χ0) is 21.2. The highest BCUT2D eigenvalue weighted by molar-refractivity contribution is 9.10. The van der Waals surface area contributed by atoms with Gasteiger partial charge in [0.1, 0.15) is 17.2 Å². The third kappa shape index (κ3) is 4.84. The summed E-state index contributed by atoms with van der Waals surface area (Å²) in [6, 6.07) is 4.52. The monoisotopic (exact) mass is 488 g/mol. The van der Waals surface area contributed by atoms with Gasteiger partial charge >= 0.3 is 0 Å². The molecule has 3 rings (SSSR count). The van der Waals surface area contributed by atoms with Gasteiger partial charge in [0.15, 0.2) is 5.69 Å². The second kappa shape index (κ2) is 8.88. The van der Waals surface area contributed by atoms with Gasteiger partial charge in [-0.3, -0.25) is 0 Å². The summed E-state index contributed by atoms with van der Waals surface area (Å²) in [6.45, 7) is 0. The highest BCUT2D eigenvalue weighted by Gasteiger charge is 2.39. The largest absolute Gasteiger partial charge is 0.411 e. The fourth-order valence-corrected chi connectivity index (χ4v) is 5.44. The van der Waals surface area contributed by atoms with Gasteiger partial charge in [-0.2, -0.15) is 0 Å². The number of aromatic nitrogens is 2. The van der Waals surface area contributed by atoms with Crippen LogP contribution in [0.15, 0.2) is 32.5 Å². The Morgan fingerprint density at radius 2 is 2.10 bits per heavy atom. The number of benzene rings is 1. The second-order valence-electron chi connectivity index (χ2n) is 7.36. The number of rotatable bonds is 8. The Morgan fingerprint density at radius 1 is 1.38 bits per heavy atom. The van der Waals surface area contributed by atoms with E-state index < -0.39 is 10.0 Å². The van der Waals surface area contributed by atoms with Crippen LogP contribution in [0.3, 0.4) is 0 Å². The molecule has 29 heavy (non-hydrogen) atoms. The molecule has 1 fully saturated rings. The molecule has 11 heteroatoms. The summed E-state index contributed by atoms with van der Waals surface area (Å²) < 4.78 is 44.1. The Hall–Kier alpha value is -1.85. The van der Waals surface area contributed by atoms with Crippen LogP contribution < -0.4 is 0 Å². The molecule has 1 saturated carbocycles. The fraction of sp³-hybridized carbons (Fsp3) is 0.500. The summed E-state index contributed by atoms with van der Waals surface area (Å²) in [5.41, 5.74) is 1.90. The topological polar surface area (TPSA) is 109 Å². The lowest BCUT2D eigenvalue weighted by Crippen LogP contribution is -2.42. The molecule has 0 saturated heterocycles. The number of nitrogens with zero attached hydrogens (tertiary/aromatic N) is 4. The van der Waals surface area contributed by atoms with Crippen LogP contribution >= 0.6 is 15.9 Å². The molecule has 1 aromatic heterocycles. The van der Waals surface area contributed by atoms with Gasteiger partial charge in [0, 0.05) is 20.5 Å². The molecule has 1 aliphatic rings. The van der Waals surface area contributed by atoms with E-state index >= 15 is 0 Å². The molecule has 0 radical (unpaired) electrons. The lowest BCUT2D eigenvalue weighted by atomic mass is 9.81. The number of sulfonamides is 1. The average molecular weight is 489 g/mol. The van der Waals surface area contributed by atoms with E-state index in [1.165, 1.54) is 10.4 Å². The first kappa shape index (κ1) is 21.8. The first-order valence-corrected chi connectivity index (χ1v) is 11.4. The van der Waals surface area contributed by atoms with Crippen molar-refractivity contribution < 1.29 is 22.6 Å². The molecule has 158 valence electrons. The van der Waals surface area contributed by atoms with Gasteiger partial charge < -0.3 is 5.21 Å². The van der Waals surface area contributed by atoms with Gasteiger partial charge in [-0.05, 0) is 70.4 Å². The van der Waals surface area contributed by atoms with E-state index in [2.05, 4.69) is 31.4 Å². The molecular formula is C18H22BrFN4O4S. The predicted octanol–water partition coefficient (Wildman–Crippen LogP) is 2.99. The van der Waals surface area contributed by atoms with E-state index in [4.69, 9.17) is 4.63 Å². The predicted molar refractivity (Wildman–Crippen MR) is 108 cm³/mol. The van der Waals surface area contributed by atoms with Crippen LogP contribution in [0.2, 0.25) is 0 Å². The highest BCUT2D eigenvalue weighted by atomic mass is 79.9. The molecule has 0 atom stereocenters. The van der Waals surface area contributed by atoms with Crippen LogP contribution in [0, 0.1) is 11.7 Å². The van der Waals surface area contributed by atoms with Crippen molar-refractivity contribution in [1.29, 1.82) is 0 Å². The molecular weight excluding hydrogens is 467 g/mol. The van der Waals surface area contributed by atoms with Crippen LogP contribution in [-0.4, -0.2) is 53.3 Å². The molecule has 0 aliphatic heterocycles. The second-order valence-corrected chi connectivity index (χ2v) is 10.6. The molecule has 2 aromatic rings. The van der Waals surface area contributed by atoms with E-state index in [1.54, 1.807) is 26.2 Å². The smallest absolute Gasteiger partial charge is 0.216 e. The lowest BCUT2D eigenvalue weighted by molar-refractivity contribution is 0.281. The Kier molecular flexibility index (Phi) is 6.69. The van der Waals surface area contributed by atoms with Crippen LogP contribution in [0.5, 0.6) is 0 Å². The summed E-state index contributed by atoms with van der Waals surface area (Å²) in [5.74, 6) is -0.100. The zero-order valence-corrected chi connectivity index (χ0v) is 18.4. The summed E-state index contributed by atoms with van der Waals surface area (Å²) >= 11 is 3.13. The normalized spacial score (nSPS) is 20.1. The Morgan fingerprint density at radius 3 is 2.72 bits per heavy atom. The van der Waals surface area contributed by atoms with Crippen molar-refractivity contribution in [2.45, 2.75) is 37.4 Å². The van der Waals surface area contributed by atoms with Gasteiger partial charge in [0.05, 0.1) is 9.72 Å². The summed E-state index contributed by atoms with van der Waals surface area (Å²) in [4.78, 5) is 0. The Bertz CT molecular complexity index is 1000. The van der Waals surface area contributed by atoms with E-state index in [9.17, 15) is 18.0 Å². The average Bonchev–Trinajstić information content (AvgIpc) is 3.09. The van der Waals surface area contributed by atoms with Crippen molar-refractivity contribution in [3.8, 4) is 0 Å². The maximum atomic E-state index is 13.4. The fourth-order valence-electron chi connectivity index (χ4n) is 3.39. The number of hydrogen-bond donors (Lipinski definition) is 1. The third-order valence-electron chi connectivity index (χ3n) is 5.22. The van der Waals surface area contributed by atoms with Crippen molar-refractivity contribution in [1.82, 2.24) is 14.6 Å². The quantitative estimate of drug-likeness (QED) is 0.347. The van der Waals surface area contributed by atoms with E-state index in [0.29, 0.717) is 35.1 Å². The van der Waals surface area contributed by atoms with Gasteiger partial charge in [-0.15, -0.1) is 0 Å². The van der Waals surface area contributed by atoms with Crippen molar-refractivity contribution in [3.05, 3.63) is 45.4 Å². The van der Waals surface area contributed by atoms with E-state index in [1.807, 2.05) is 0 Å².